The smallest absolute Gasteiger partial charge is 0.256 e. The van der Waals surface area contributed by atoms with Crippen molar-refractivity contribution in [1.82, 2.24) is 14.8 Å². The van der Waals surface area contributed by atoms with Gasteiger partial charge >= 0.3 is 0 Å². The van der Waals surface area contributed by atoms with Gasteiger partial charge in [0.1, 0.15) is 11.6 Å². The molecule has 0 aliphatic carbocycles. The van der Waals surface area contributed by atoms with Gasteiger partial charge in [0.05, 0.1) is 12.3 Å². The molecule has 3 rings (SSSR count). The van der Waals surface area contributed by atoms with Crippen LogP contribution in [-0.2, 0) is 5.41 Å². The zero-order valence-corrected chi connectivity index (χ0v) is 16.8. The lowest BCUT2D eigenvalue weighted by molar-refractivity contribution is 0.102. The van der Waals surface area contributed by atoms with Gasteiger partial charge in [-0.1, -0.05) is 39.8 Å². The molecule has 6 heteroatoms. The molecular formula is C22H26N4O2. The van der Waals surface area contributed by atoms with E-state index < -0.39 is 0 Å². The molecule has 28 heavy (non-hydrogen) atoms. The van der Waals surface area contributed by atoms with Gasteiger partial charge in [0.15, 0.2) is 5.82 Å². The number of pyridine rings is 1. The summed E-state index contributed by atoms with van der Waals surface area (Å²) in [5.41, 5.74) is 1.24. The van der Waals surface area contributed by atoms with Gasteiger partial charge in [-0.05, 0) is 36.8 Å². The number of hydrogen-bond acceptors (Lipinski definition) is 4. The quantitative estimate of drug-likeness (QED) is 0.680. The Bertz CT molecular complexity index is 943. The van der Waals surface area contributed by atoms with E-state index in [0.717, 1.165) is 12.1 Å². The number of carbonyl (C=O) groups is 1. The normalized spacial score (nSPS) is 11.3. The molecule has 0 saturated heterocycles. The Hall–Kier alpha value is -3.15. The number of ether oxygens (including phenoxy) is 1. The van der Waals surface area contributed by atoms with E-state index in [1.165, 1.54) is 0 Å². The predicted octanol–water partition coefficient (Wildman–Crippen LogP) is 4.61. The van der Waals surface area contributed by atoms with Crippen LogP contribution in [0.4, 0.5) is 5.82 Å². The Kier molecular flexibility index (Phi) is 5.78. The topological polar surface area (TPSA) is 69.0 Å². The van der Waals surface area contributed by atoms with Crippen molar-refractivity contribution in [3.05, 3.63) is 66.0 Å². The molecule has 1 amide bonds. The van der Waals surface area contributed by atoms with Crippen LogP contribution in [0.3, 0.4) is 0 Å². The second-order valence-corrected chi connectivity index (χ2v) is 7.59. The van der Waals surface area contributed by atoms with Gasteiger partial charge < -0.3 is 10.1 Å². The maximum Gasteiger partial charge on any atom is 0.256 e. The Morgan fingerprint density at radius 2 is 1.96 bits per heavy atom. The molecule has 2 heterocycles. The Morgan fingerprint density at radius 3 is 2.64 bits per heavy atom. The minimum absolute atomic E-state index is 0.159. The first kappa shape index (κ1) is 19.6. The third kappa shape index (κ3) is 4.57. The summed E-state index contributed by atoms with van der Waals surface area (Å²) in [5, 5.41) is 7.64. The average Bonchev–Trinajstić information content (AvgIpc) is 3.11. The fourth-order valence-electron chi connectivity index (χ4n) is 2.63. The standard InChI is InChI=1S/C22H26N4O2/c1-5-13-28-17-10-8-9-16(14-17)21(27)24-20-15-18(22(2,3)4)25-26(20)19-11-6-7-12-23-19/h6-12,14-15H,5,13H2,1-4H3,(H,24,27). The molecule has 0 bridgehead atoms. The molecule has 6 nitrogen and oxygen atoms in total. The number of nitrogens with zero attached hydrogens (tertiary/aromatic N) is 3. The number of carbonyl (C=O) groups excluding carboxylic acids is 1. The molecule has 0 spiro atoms. The van der Waals surface area contributed by atoms with Crippen molar-refractivity contribution in [1.29, 1.82) is 0 Å². The number of hydrogen-bond donors (Lipinski definition) is 1. The van der Waals surface area contributed by atoms with E-state index in [9.17, 15) is 4.79 Å². The van der Waals surface area contributed by atoms with Crippen molar-refractivity contribution in [2.24, 2.45) is 0 Å². The van der Waals surface area contributed by atoms with Crippen LogP contribution >= 0.6 is 0 Å². The van der Waals surface area contributed by atoms with Crippen molar-refractivity contribution >= 4 is 11.7 Å². The lowest BCUT2D eigenvalue weighted by Crippen LogP contribution is -2.15. The summed E-state index contributed by atoms with van der Waals surface area (Å²) in [6, 6.07) is 14.7. The maximum absolute atomic E-state index is 12.9. The lowest BCUT2D eigenvalue weighted by Gasteiger charge is -2.13. The van der Waals surface area contributed by atoms with Crippen LogP contribution < -0.4 is 10.1 Å². The molecule has 0 aliphatic rings. The second-order valence-electron chi connectivity index (χ2n) is 7.59. The molecular weight excluding hydrogens is 352 g/mol. The number of rotatable bonds is 6. The predicted molar refractivity (Wildman–Crippen MR) is 110 cm³/mol. The van der Waals surface area contributed by atoms with Gasteiger partial charge in [-0.15, -0.1) is 0 Å². The van der Waals surface area contributed by atoms with E-state index in [1.54, 1.807) is 23.0 Å². The molecule has 3 aromatic rings. The molecule has 0 radical (unpaired) electrons. The van der Waals surface area contributed by atoms with Crippen molar-refractivity contribution in [2.45, 2.75) is 39.5 Å². The van der Waals surface area contributed by atoms with Crippen molar-refractivity contribution in [3.63, 3.8) is 0 Å². The molecule has 0 fully saturated rings. The van der Waals surface area contributed by atoms with E-state index in [-0.39, 0.29) is 11.3 Å². The largest absolute Gasteiger partial charge is 0.494 e. The van der Waals surface area contributed by atoms with Gasteiger partial charge in [0.2, 0.25) is 0 Å². The number of aromatic nitrogens is 3. The zero-order valence-electron chi connectivity index (χ0n) is 16.8. The summed E-state index contributed by atoms with van der Waals surface area (Å²) in [4.78, 5) is 17.2. The van der Waals surface area contributed by atoms with Gasteiger partial charge in [0.25, 0.3) is 5.91 Å². The molecule has 1 N–H and O–H groups in total. The van der Waals surface area contributed by atoms with Gasteiger partial charge in [-0.3, -0.25) is 4.79 Å². The van der Waals surface area contributed by atoms with Crippen molar-refractivity contribution in [3.8, 4) is 11.6 Å². The summed E-state index contributed by atoms with van der Waals surface area (Å²) in [6.45, 7) is 8.91. The van der Waals surface area contributed by atoms with Crippen LogP contribution in [0.2, 0.25) is 0 Å². The van der Waals surface area contributed by atoms with Crippen molar-refractivity contribution < 1.29 is 9.53 Å². The number of anilines is 1. The second kappa shape index (κ2) is 8.25. The highest BCUT2D eigenvalue weighted by molar-refractivity contribution is 6.04. The summed E-state index contributed by atoms with van der Waals surface area (Å²) in [7, 11) is 0. The Balaban J connectivity index is 1.91. The zero-order chi connectivity index (χ0) is 20.1. The third-order valence-electron chi connectivity index (χ3n) is 4.15. The van der Waals surface area contributed by atoms with Crippen LogP contribution in [0.5, 0.6) is 5.75 Å². The van der Waals surface area contributed by atoms with Crippen LogP contribution in [0, 0.1) is 0 Å². The van der Waals surface area contributed by atoms with Gasteiger partial charge in [-0.2, -0.15) is 9.78 Å². The first-order chi connectivity index (χ1) is 13.4. The van der Waals surface area contributed by atoms with E-state index in [2.05, 4.69) is 36.2 Å². The summed E-state index contributed by atoms with van der Waals surface area (Å²) >= 11 is 0. The maximum atomic E-state index is 12.9. The monoisotopic (exact) mass is 378 g/mol. The molecule has 2 aromatic heterocycles. The first-order valence-electron chi connectivity index (χ1n) is 9.44. The van der Waals surface area contributed by atoms with Crippen LogP contribution in [-0.4, -0.2) is 27.3 Å². The van der Waals surface area contributed by atoms with Gasteiger partial charge in [0, 0.05) is 23.2 Å². The third-order valence-corrected chi connectivity index (χ3v) is 4.15. The van der Waals surface area contributed by atoms with Gasteiger partial charge in [-0.25, -0.2) is 4.98 Å². The Morgan fingerprint density at radius 1 is 1.14 bits per heavy atom. The van der Waals surface area contributed by atoms with E-state index >= 15 is 0 Å². The molecule has 0 atom stereocenters. The Labute approximate surface area is 165 Å². The van der Waals surface area contributed by atoms with E-state index in [0.29, 0.717) is 29.6 Å². The highest BCUT2D eigenvalue weighted by Gasteiger charge is 2.22. The molecule has 0 unspecified atom stereocenters. The highest BCUT2D eigenvalue weighted by Crippen LogP contribution is 2.26. The SMILES string of the molecule is CCCOc1cccc(C(=O)Nc2cc(C(C)(C)C)nn2-c2ccccn2)c1. The summed E-state index contributed by atoms with van der Waals surface area (Å²) < 4.78 is 7.29. The number of nitrogens with one attached hydrogen (secondary N) is 1. The number of benzene rings is 1. The lowest BCUT2D eigenvalue weighted by atomic mass is 9.92. The highest BCUT2D eigenvalue weighted by atomic mass is 16.5. The fourth-order valence-corrected chi connectivity index (χ4v) is 2.63. The molecule has 0 saturated carbocycles. The van der Waals surface area contributed by atoms with E-state index in [4.69, 9.17) is 4.74 Å². The minimum atomic E-state index is -0.223. The summed E-state index contributed by atoms with van der Waals surface area (Å²) in [6.07, 6.45) is 2.61. The number of amides is 1. The summed E-state index contributed by atoms with van der Waals surface area (Å²) in [5.74, 6) is 1.68. The molecule has 146 valence electrons. The van der Waals surface area contributed by atoms with E-state index in [1.807, 2.05) is 43.3 Å². The van der Waals surface area contributed by atoms with Crippen molar-refractivity contribution in [2.75, 3.05) is 11.9 Å². The molecule has 1 aromatic carbocycles. The molecule has 0 aliphatic heterocycles. The average molecular weight is 378 g/mol. The fraction of sp³-hybridized carbons (Fsp3) is 0.318. The minimum Gasteiger partial charge on any atom is -0.494 e. The van der Waals surface area contributed by atoms with Crippen LogP contribution in [0.1, 0.15) is 50.2 Å². The van der Waals surface area contributed by atoms with Crippen LogP contribution in [0.15, 0.2) is 54.7 Å². The van der Waals surface area contributed by atoms with Crippen LogP contribution in [0.25, 0.3) is 5.82 Å². The first-order valence-corrected chi connectivity index (χ1v) is 9.44.